The van der Waals surface area contributed by atoms with Crippen LogP contribution in [-0.4, -0.2) is 142 Å². The van der Waals surface area contributed by atoms with Crippen molar-refractivity contribution in [3.05, 3.63) is 96.1 Å². The predicted octanol–water partition coefficient (Wildman–Crippen LogP) is 5.55. The number of nitrogens with one attached hydrogen (secondary N) is 2. The van der Waals surface area contributed by atoms with Gasteiger partial charge in [-0.1, -0.05) is 24.3 Å². The summed E-state index contributed by atoms with van der Waals surface area (Å²) >= 11 is 0. The Bertz CT molecular complexity index is 3730. The minimum absolute atomic E-state index is 0.00693. The van der Waals surface area contributed by atoms with Gasteiger partial charge in [0.15, 0.2) is 0 Å². The number of rotatable bonds is 21. The minimum Gasteiger partial charge on any atom is -0.507 e. The Labute approximate surface area is 439 Å². The highest BCUT2D eigenvalue weighted by Gasteiger charge is 2.24. The van der Waals surface area contributed by atoms with Crippen molar-refractivity contribution in [3.8, 4) is 11.5 Å². The number of aliphatic hydroxyl groups is 2. The van der Waals surface area contributed by atoms with Crippen LogP contribution in [0.2, 0.25) is 0 Å². The van der Waals surface area contributed by atoms with E-state index in [2.05, 4.69) is 46.0 Å². The first-order valence-electron chi connectivity index (χ1n) is 22.2. The molecule has 77 heavy (non-hydrogen) atoms. The van der Waals surface area contributed by atoms with Crippen molar-refractivity contribution in [2.45, 2.75) is 32.7 Å². The van der Waals surface area contributed by atoms with Crippen LogP contribution in [0.25, 0.3) is 21.5 Å². The van der Waals surface area contributed by atoms with Gasteiger partial charge in [-0.3, -0.25) is 18.2 Å². The molecular weight excluding hydrogens is 1090 g/mol. The number of anilines is 5. The second-order valence-corrected chi connectivity index (χ2v) is 22.4. The second kappa shape index (κ2) is 22.4. The Kier molecular flexibility index (Phi) is 16.6. The molecule has 10 N–H and O–H groups in total. The van der Waals surface area contributed by atoms with Crippen molar-refractivity contribution < 1.29 is 72.3 Å². The fourth-order valence-electron chi connectivity index (χ4n) is 7.90. The molecule has 0 aliphatic carbocycles. The van der Waals surface area contributed by atoms with E-state index in [4.69, 9.17) is 0 Å². The number of aromatic nitrogens is 3. The summed E-state index contributed by atoms with van der Waals surface area (Å²) in [6.45, 7) is -1.01. The molecule has 0 amide bonds. The SMILES string of the molecule is CNc1ccc2cc(S(=O)(=O)O)cc(O)c2c1N=Nc1cc(CN(C)c2nc(N(C)Cc3ccc(S(=O)(=O)O)c(N=Nc4c(NC)ccc5cc(S(=O)(=O)O)cc(O)c45)c3)nc(N(CCO)CCO)n2)ccc1S(=O)(=O)O. The second-order valence-electron chi connectivity index (χ2n) is 16.8. The molecule has 0 bridgehead atoms. The molecule has 6 aromatic carbocycles. The van der Waals surface area contributed by atoms with Crippen molar-refractivity contribution in [2.75, 3.05) is 79.8 Å². The van der Waals surface area contributed by atoms with Crippen LogP contribution < -0.4 is 25.3 Å². The lowest BCUT2D eigenvalue weighted by Gasteiger charge is -2.26. The highest BCUT2D eigenvalue weighted by molar-refractivity contribution is 7.86. The minimum atomic E-state index is -4.94. The highest BCUT2D eigenvalue weighted by Crippen LogP contribution is 2.44. The van der Waals surface area contributed by atoms with Crippen molar-refractivity contribution in [3.63, 3.8) is 0 Å². The topological polar surface area (TPSA) is 420 Å². The lowest BCUT2D eigenvalue weighted by molar-refractivity contribution is 0.280. The number of aliphatic hydroxyl groups excluding tert-OH is 2. The lowest BCUT2D eigenvalue weighted by Crippen LogP contribution is -2.33. The number of benzene rings is 6. The average molecular weight is 1140 g/mol. The molecule has 0 aliphatic rings. The summed E-state index contributed by atoms with van der Waals surface area (Å²) in [6.07, 6.45) is 0. The van der Waals surface area contributed by atoms with Gasteiger partial charge in [0.05, 0.1) is 45.2 Å². The molecule has 0 fully saturated rings. The van der Waals surface area contributed by atoms with Crippen LogP contribution in [0.15, 0.2) is 125 Å². The Morgan fingerprint density at radius 1 is 0.494 bits per heavy atom. The summed E-state index contributed by atoms with van der Waals surface area (Å²) in [6, 6.07) is 17.0. The number of nitrogens with zero attached hydrogens (tertiary/aromatic N) is 10. The number of hydrogen-bond acceptors (Lipinski definition) is 24. The Morgan fingerprint density at radius 2 is 0.870 bits per heavy atom. The van der Waals surface area contributed by atoms with Gasteiger partial charge < -0.3 is 45.8 Å². The van der Waals surface area contributed by atoms with Crippen LogP contribution in [0.4, 0.5) is 52.0 Å². The molecule has 7 aromatic rings. The molecule has 0 saturated carbocycles. The van der Waals surface area contributed by atoms with Gasteiger partial charge in [-0.2, -0.15) is 48.6 Å². The van der Waals surface area contributed by atoms with Crippen molar-refractivity contribution in [1.29, 1.82) is 0 Å². The number of azo groups is 2. The van der Waals surface area contributed by atoms with E-state index >= 15 is 0 Å². The van der Waals surface area contributed by atoms with Gasteiger partial charge in [0, 0.05) is 66.5 Å². The van der Waals surface area contributed by atoms with Gasteiger partial charge in [0.2, 0.25) is 17.8 Å². The van der Waals surface area contributed by atoms with E-state index in [1.165, 1.54) is 77.3 Å². The van der Waals surface area contributed by atoms with Crippen LogP contribution in [0.5, 0.6) is 11.5 Å². The molecule has 0 unspecified atom stereocenters. The zero-order valence-corrected chi connectivity index (χ0v) is 44.0. The predicted molar refractivity (Wildman–Crippen MR) is 281 cm³/mol. The van der Waals surface area contributed by atoms with E-state index in [-0.39, 0.29) is 113 Å². The standard InChI is InChI=1S/C45H48N12O16S4/c1-46-31-9-7-27-19-29(74(62,63)64)21-35(60)39(27)41(31)53-51-33-17-25(5-11-37(33)76(68,69)70)23-55(3)43-48-44(50-45(49-43)57(13-15-58)14-16-59)56(4)24-26-6-12-38(77(71,72)73)34(18-26)52-54-42-32(47-2)10-8-28-20-30(75(65,66)67)22-36(61)40(28)42/h5-12,17-22,46-47,58-61H,13-16,23-24H2,1-4H3,(H,62,63,64)(H,65,66,67)(H,68,69,70)(H,71,72,73). The van der Waals surface area contributed by atoms with Gasteiger partial charge in [-0.05, 0) is 70.4 Å². The molecule has 0 spiro atoms. The zero-order chi connectivity index (χ0) is 56.4. The summed E-state index contributed by atoms with van der Waals surface area (Å²) in [4.78, 5) is 15.8. The van der Waals surface area contributed by atoms with E-state index in [1.807, 2.05) is 0 Å². The van der Waals surface area contributed by atoms with Crippen LogP contribution in [0.3, 0.4) is 0 Å². The first-order valence-corrected chi connectivity index (χ1v) is 28.0. The number of hydrogen-bond donors (Lipinski definition) is 10. The third-order valence-corrected chi connectivity index (χ3v) is 14.9. The van der Waals surface area contributed by atoms with E-state index in [9.17, 15) is 72.3 Å². The Morgan fingerprint density at radius 3 is 1.21 bits per heavy atom. The highest BCUT2D eigenvalue weighted by atomic mass is 32.2. The van der Waals surface area contributed by atoms with E-state index < -0.39 is 71.6 Å². The fraction of sp³-hybridized carbons (Fsp3) is 0.222. The van der Waals surface area contributed by atoms with Gasteiger partial charge in [-0.25, -0.2) is 0 Å². The molecule has 1 aromatic heterocycles. The van der Waals surface area contributed by atoms with Gasteiger partial charge in [0.25, 0.3) is 40.5 Å². The first kappa shape index (κ1) is 56.9. The fourth-order valence-corrected chi connectivity index (χ4v) is 10.2. The van der Waals surface area contributed by atoms with Crippen LogP contribution in [-0.2, 0) is 53.6 Å². The summed E-state index contributed by atoms with van der Waals surface area (Å²) in [5, 5.41) is 64.3. The summed E-state index contributed by atoms with van der Waals surface area (Å²) < 4.78 is 138. The monoisotopic (exact) mass is 1140 g/mol. The van der Waals surface area contributed by atoms with E-state index in [1.54, 1.807) is 14.1 Å². The normalized spacial score (nSPS) is 12.5. The quantitative estimate of drug-likeness (QED) is 0.0311. The van der Waals surface area contributed by atoms with Gasteiger partial charge in [-0.15, -0.1) is 20.5 Å². The zero-order valence-electron chi connectivity index (χ0n) is 40.8. The number of fused-ring (bicyclic) bond motifs is 2. The Balaban J connectivity index is 1.25. The largest absolute Gasteiger partial charge is 0.507 e. The average Bonchev–Trinajstić information content (AvgIpc) is 3.35. The first-order chi connectivity index (χ1) is 36.1. The summed E-state index contributed by atoms with van der Waals surface area (Å²) in [7, 11) is -13.2. The lowest BCUT2D eigenvalue weighted by atomic mass is 10.1. The molecule has 408 valence electrons. The summed E-state index contributed by atoms with van der Waals surface area (Å²) in [5.74, 6) is -1.25. The smallest absolute Gasteiger partial charge is 0.296 e. The van der Waals surface area contributed by atoms with Crippen molar-refractivity contribution in [1.82, 2.24) is 15.0 Å². The van der Waals surface area contributed by atoms with Gasteiger partial charge in [0.1, 0.15) is 44.0 Å². The van der Waals surface area contributed by atoms with Crippen molar-refractivity contribution >= 4 is 114 Å². The van der Waals surface area contributed by atoms with Crippen LogP contribution in [0.1, 0.15) is 11.1 Å². The number of phenolic OH excluding ortho intramolecular Hbond substituents is 2. The molecule has 0 atom stereocenters. The maximum Gasteiger partial charge on any atom is 0.296 e. The van der Waals surface area contributed by atoms with E-state index in [0.717, 1.165) is 36.4 Å². The molecular formula is C45H48N12O16S4. The molecule has 32 heteroatoms. The number of phenols is 2. The molecule has 1 heterocycles. The third-order valence-electron chi connectivity index (χ3n) is 11.5. The summed E-state index contributed by atoms with van der Waals surface area (Å²) in [5.41, 5.74) is 0.342. The van der Waals surface area contributed by atoms with E-state index in [0.29, 0.717) is 11.1 Å². The maximum atomic E-state index is 12.6. The molecule has 0 radical (unpaired) electrons. The van der Waals surface area contributed by atoms with Crippen molar-refractivity contribution in [2.24, 2.45) is 20.5 Å². The molecule has 7 rings (SSSR count). The molecule has 28 nitrogen and oxygen atoms in total. The van der Waals surface area contributed by atoms with Crippen LogP contribution in [0, 0.1) is 0 Å². The third kappa shape index (κ3) is 12.9. The maximum absolute atomic E-state index is 12.6. The van der Waals surface area contributed by atoms with Gasteiger partial charge >= 0.3 is 0 Å². The Hall–Kier alpha value is -7.79. The molecule has 0 saturated heterocycles. The number of aromatic hydroxyl groups is 2. The van der Waals surface area contributed by atoms with Crippen LogP contribution >= 0.6 is 0 Å². The molecule has 0 aliphatic heterocycles.